The number of thiocarbonyl (C=S) groups is 1. The van der Waals surface area contributed by atoms with Gasteiger partial charge in [-0.15, -0.1) is 0 Å². The number of anilines is 1. The van der Waals surface area contributed by atoms with Crippen LogP contribution < -0.4 is 11.1 Å². The molecule has 0 amide bonds. The first-order valence-electron chi connectivity index (χ1n) is 5.56. The Balaban J connectivity index is 2.30. The van der Waals surface area contributed by atoms with E-state index in [2.05, 4.69) is 17.2 Å². The second-order valence-corrected chi connectivity index (χ2v) is 5.19. The van der Waals surface area contributed by atoms with Gasteiger partial charge >= 0.3 is 0 Å². The SMILES string of the molecule is Cc1ccc(C(N)=S)c(NC2(C)CCC2)n1. The molecule has 3 nitrogen and oxygen atoms in total. The lowest BCUT2D eigenvalue weighted by Gasteiger charge is -2.40. The Morgan fingerprint density at radius 3 is 2.69 bits per heavy atom. The Morgan fingerprint density at radius 2 is 2.19 bits per heavy atom. The molecule has 0 bridgehead atoms. The number of nitrogens with two attached hydrogens (primary N) is 1. The predicted molar refractivity (Wildman–Crippen MR) is 70.7 cm³/mol. The summed E-state index contributed by atoms with van der Waals surface area (Å²) in [5, 5.41) is 3.47. The molecule has 1 aliphatic carbocycles. The summed E-state index contributed by atoms with van der Waals surface area (Å²) in [7, 11) is 0. The van der Waals surface area contributed by atoms with Gasteiger partial charge in [0.1, 0.15) is 10.8 Å². The Labute approximate surface area is 101 Å². The molecule has 0 saturated heterocycles. The zero-order valence-corrected chi connectivity index (χ0v) is 10.5. The molecule has 2 rings (SSSR count). The second kappa shape index (κ2) is 4.01. The first-order valence-corrected chi connectivity index (χ1v) is 5.97. The van der Waals surface area contributed by atoms with Gasteiger partial charge in [-0.25, -0.2) is 4.98 Å². The minimum absolute atomic E-state index is 0.167. The summed E-state index contributed by atoms with van der Waals surface area (Å²) < 4.78 is 0. The predicted octanol–water partition coefficient (Wildman–Crippen LogP) is 2.38. The molecule has 0 unspecified atom stereocenters. The number of pyridine rings is 1. The fraction of sp³-hybridized carbons (Fsp3) is 0.500. The number of hydrogen-bond acceptors (Lipinski definition) is 3. The number of nitrogens with zero attached hydrogens (tertiary/aromatic N) is 1. The minimum Gasteiger partial charge on any atom is -0.389 e. The third-order valence-electron chi connectivity index (χ3n) is 3.18. The standard InChI is InChI=1S/C12H17N3S/c1-8-4-5-9(10(13)16)11(14-8)15-12(2)6-3-7-12/h4-5H,3,6-7H2,1-2H3,(H2,13,16)(H,14,15). The van der Waals surface area contributed by atoms with Crippen molar-refractivity contribution in [2.45, 2.75) is 38.6 Å². The first kappa shape index (κ1) is 11.3. The molecule has 0 radical (unpaired) electrons. The van der Waals surface area contributed by atoms with Crippen molar-refractivity contribution < 1.29 is 0 Å². The Morgan fingerprint density at radius 1 is 1.50 bits per heavy atom. The molecule has 0 spiro atoms. The maximum atomic E-state index is 5.69. The van der Waals surface area contributed by atoms with Crippen molar-refractivity contribution in [1.82, 2.24) is 4.98 Å². The fourth-order valence-corrected chi connectivity index (χ4v) is 2.13. The molecule has 86 valence electrons. The maximum Gasteiger partial charge on any atom is 0.136 e. The molecule has 16 heavy (non-hydrogen) atoms. The van der Waals surface area contributed by atoms with Gasteiger partial charge in [0.15, 0.2) is 0 Å². The smallest absolute Gasteiger partial charge is 0.136 e. The number of aryl methyl sites for hydroxylation is 1. The van der Waals surface area contributed by atoms with E-state index in [1.807, 2.05) is 19.1 Å². The zero-order chi connectivity index (χ0) is 11.8. The van der Waals surface area contributed by atoms with Crippen LogP contribution in [0.1, 0.15) is 37.4 Å². The van der Waals surface area contributed by atoms with Crippen LogP contribution >= 0.6 is 12.2 Å². The monoisotopic (exact) mass is 235 g/mol. The molecule has 3 N–H and O–H groups in total. The number of rotatable bonds is 3. The number of hydrogen-bond donors (Lipinski definition) is 2. The van der Waals surface area contributed by atoms with E-state index in [-0.39, 0.29) is 5.54 Å². The van der Waals surface area contributed by atoms with Crippen LogP contribution in [0.3, 0.4) is 0 Å². The van der Waals surface area contributed by atoms with E-state index in [0.29, 0.717) is 4.99 Å². The van der Waals surface area contributed by atoms with Gasteiger partial charge in [-0.1, -0.05) is 12.2 Å². The number of nitrogens with one attached hydrogen (secondary N) is 1. The highest BCUT2D eigenvalue weighted by Gasteiger charge is 2.32. The highest BCUT2D eigenvalue weighted by Crippen LogP contribution is 2.34. The summed E-state index contributed by atoms with van der Waals surface area (Å²) >= 11 is 5.03. The van der Waals surface area contributed by atoms with Crippen molar-refractivity contribution in [1.29, 1.82) is 0 Å². The molecular weight excluding hydrogens is 218 g/mol. The lowest BCUT2D eigenvalue weighted by atomic mass is 9.78. The van der Waals surface area contributed by atoms with Crippen LogP contribution in [0, 0.1) is 6.92 Å². The van der Waals surface area contributed by atoms with Crippen molar-refractivity contribution in [2.75, 3.05) is 5.32 Å². The second-order valence-electron chi connectivity index (χ2n) is 4.75. The third-order valence-corrected chi connectivity index (χ3v) is 3.40. The largest absolute Gasteiger partial charge is 0.389 e. The molecule has 0 aromatic carbocycles. The van der Waals surface area contributed by atoms with E-state index in [1.165, 1.54) is 19.3 Å². The first-order chi connectivity index (χ1) is 7.50. The van der Waals surface area contributed by atoms with Gasteiger partial charge in [-0.3, -0.25) is 0 Å². The van der Waals surface area contributed by atoms with Crippen LogP contribution in [0.4, 0.5) is 5.82 Å². The Hall–Kier alpha value is -1.16. The normalized spacial score (nSPS) is 17.6. The highest BCUT2D eigenvalue weighted by molar-refractivity contribution is 7.80. The van der Waals surface area contributed by atoms with Crippen LogP contribution in [0.15, 0.2) is 12.1 Å². The van der Waals surface area contributed by atoms with Crippen molar-refractivity contribution in [3.05, 3.63) is 23.4 Å². The van der Waals surface area contributed by atoms with E-state index < -0.39 is 0 Å². The van der Waals surface area contributed by atoms with Gasteiger partial charge in [0, 0.05) is 11.2 Å². The van der Waals surface area contributed by atoms with Crippen molar-refractivity contribution in [2.24, 2.45) is 5.73 Å². The van der Waals surface area contributed by atoms with Gasteiger partial charge in [0.25, 0.3) is 0 Å². The van der Waals surface area contributed by atoms with Crippen LogP contribution in [0.2, 0.25) is 0 Å². The summed E-state index contributed by atoms with van der Waals surface area (Å²) in [5.74, 6) is 0.828. The van der Waals surface area contributed by atoms with E-state index in [1.54, 1.807) is 0 Å². The van der Waals surface area contributed by atoms with Crippen LogP contribution in [0.5, 0.6) is 0 Å². The molecule has 0 atom stereocenters. The van der Waals surface area contributed by atoms with E-state index in [0.717, 1.165) is 17.1 Å². The molecule has 1 aromatic heterocycles. The minimum atomic E-state index is 0.167. The molecule has 1 saturated carbocycles. The molecule has 1 aromatic rings. The highest BCUT2D eigenvalue weighted by atomic mass is 32.1. The molecule has 0 aliphatic heterocycles. The summed E-state index contributed by atoms with van der Waals surface area (Å²) in [6.07, 6.45) is 3.64. The zero-order valence-electron chi connectivity index (χ0n) is 9.71. The quantitative estimate of drug-likeness (QED) is 0.790. The molecule has 1 heterocycles. The van der Waals surface area contributed by atoms with Crippen molar-refractivity contribution in [3.8, 4) is 0 Å². The Kier molecular flexibility index (Phi) is 2.84. The van der Waals surface area contributed by atoms with Gasteiger partial charge in [0.2, 0.25) is 0 Å². The average molecular weight is 235 g/mol. The summed E-state index contributed by atoms with van der Waals surface area (Å²) in [5.41, 5.74) is 7.68. The van der Waals surface area contributed by atoms with Gasteiger partial charge in [-0.2, -0.15) is 0 Å². The van der Waals surface area contributed by atoms with E-state index in [4.69, 9.17) is 18.0 Å². The van der Waals surface area contributed by atoms with E-state index in [9.17, 15) is 0 Å². The van der Waals surface area contributed by atoms with E-state index >= 15 is 0 Å². The van der Waals surface area contributed by atoms with Crippen LogP contribution in [-0.4, -0.2) is 15.5 Å². The van der Waals surface area contributed by atoms with Gasteiger partial charge < -0.3 is 11.1 Å². The van der Waals surface area contributed by atoms with Crippen LogP contribution in [-0.2, 0) is 0 Å². The fourth-order valence-electron chi connectivity index (χ4n) is 1.97. The van der Waals surface area contributed by atoms with Gasteiger partial charge in [0.05, 0.1) is 5.56 Å². The van der Waals surface area contributed by atoms with Crippen molar-refractivity contribution in [3.63, 3.8) is 0 Å². The molecule has 1 aliphatic rings. The summed E-state index contributed by atoms with van der Waals surface area (Å²) in [6, 6.07) is 3.87. The number of aromatic nitrogens is 1. The third kappa shape index (κ3) is 2.16. The van der Waals surface area contributed by atoms with Crippen molar-refractivity contribution >= 4 is 23.0 Å². The maximum absolute atomic E-state index is 5.69. The molecule has 1 fully saturated rings. The molecular formula is C12H17N3S. The molecule has 4 heteroatoms. The summed E-state index contributed by atoms with van der Waals surface area (Å²) in [4.78, 5) is 4.88. The topological polar surface area (TPSA) is 50.9 Å². The lowest BCUT2D eigenvalue weighted by Crippen LogP contribution is -2.42. The average Bonchev–Trinajstić information content (AvgIpc) is 2.15. The Bertz CT molecular complexity index is 424. The van der Waals surface area contributed by atoms with Crippen LogP contribution in [0.25, 0.3) is 0 Å². The summed E-state index contributed by atoms with van der Waals surface area (Å²) in [6.45, 7) is 4.18. The lowest BCUT2D eigenvalue weighted by molar-refractivity contribution is 0.305. The van der Waals surface area contributed by atoms with Gasteiger partial charge in [-0.05, 0) is 45.2 Å².